The Bertz CT molecular complexity index is 1690. The number of esters is 1. The van der Waals surface area contributed by atoms with Gasteiger partial charge < -0.3 is 29.2 Å². The van der Waals surface area contributed by atoms with Crippen molar-refractivity contribution >= 4 is 36.1 Å². The zero-order chi connectivity index (χ0) is 40.8. The van der Waals surface area contributed by atoms with E-state index in [1.54, 1.807) is 39.0 Å². The predicted octanol–water partition coefficient (Wildman–Crippen LogP) is 6.30. The first-order valence-corrected chi connectivity index (χ1v) is 19.5. The molecule has 0 radical (unpaired) electrons. The van der Waals surface area contributed by atoms with Gasteiger partial charge >= 0.3 is 24.2 Å². The van der Waals surface area contributed by atoms with Gasteiger partial charge in [-0.15, -0.1) is 13.2 Å². The fourth-order valence-corrected chi connectivity index (χ4v) is 7.91. The highest BCUT2D eigenvalue weighted by atomic mass is 19.1. The largest absolute Gasteiger partial charge is 0.467 e. The van der Waals surface area contributed by atoms with Crippen LogP contribution < -0.4 is 5.32 Å². The minimum absolute atomic E-state index is 0.0151. The third-order valence-electron chi connectivity index (χ3n) is 10.9. The van der Waals surface area contributed by atoms with Crippen molar-refractivity contribution in [1.82, 2.24) is 20.0 Å². The molecule has 306 valence electrons. The van der Waals surface area contributed by atoms with E-state index in [2.05, 4.69) is 18.5 Å². The van der Waals surface area contributed by atoms with Gasteiger partial charge in [0.2, 0.25) is 5.91 Å². The minimum Gasteiger partial charge on any atom is -0.467 e. The second-order valence-corrected chi connectivity index (χ2v) is 16.0. The highest BCUT2D eigenvalue weighted by Crippen LogP contribution is 2.51. The third kappa shape index (κ3) is 9.52. The summed E-state index contributed by atoms with van der Waals surface area (Å²) < 4.78 is 36.8. The molecule has 14 nitrogen and oxygen atoms in total. The number of hydrogen-bond donors (Lipinski definition) is 1. The van der Waals surface area contributed by atoms with E-state index < -0.39 is 77.1 Å². The number of ether oxygens (including phenoxy) is 4. The molecule has 3 fully saturated rings. The Balaban J connectivity index is 1.46. The van der Waals surface area contributed by atoms with Gasteiger partial charge in [0, 0.05) is 24.4 Å². The molecule has 5 rings (SSSR count). The van der Waals surface area contributed by atoms with Crippen LogP contribution in [0.1, 0.15) is 103 Å². The lowest BCUT2D eigenvalue weighted by Gasteiger charge is -2.35. The second kappa shape index (κ2) is 17.9. The summed E-state index contributed by atoms with van der Waals surface area (Å²) in [5, 5.41) is 2.73. The SMILES string of the molecule is C=CCCCCC[C@H](NC(=O)OC1CCCC1)C(=O)N1C[C@H](OC(=O)N2Cc3cccc(F)c3C2)C[C@H]1C(=O)N(C(=O)OC(C)(C)C)[C@]1(C(=O)OC)C[C@H]1C=C. The lowest BCUT2D eigenvalue weighted by Crippen LogP contribution is -2.60. The van der Waals surface area contributed by atoms with Gasteiger partial charge in [0.15, 0.2) is 5.54 Å². The van der Waals surface area contributed by atoms with Crippen molar-refractivity contribution in [2.24, 2.45) is 5.92 Å². The predicted molar refractivity (Wildman–Crippen MR) is 201 cm³/mol. The van der Waals surface area contributed by atoms with Gasteiger partial charge in [0.05, 0.1) is 20.2 Å². The number of unbranched alkanes of at least 4 members (excludes halogenated alkanes) is 3. The second-order valence-electron chi connectivity index (χ2n) is 16.0. The molecule has 1 saturated heterocycles. The van der Waals surface area contributed by atoms with E-state index >= 15 is 0 Å². The molecule has 5 atom stereocenters. The number of halogens is 1. The van der Waals surface area contributed by atoms with E-state index in [9.17, 15) is 33.2 Å². The van der Waals surface area contributed by atoms with Gasteiger partial charge in [-0.05, 0) is 83.8 Å². The summed E-state index contributed by atoms with van der Waals surface area (Å²) in [5.74, 6) is -3.59. The Hall–Kier alpha value is -4.95. The maximum atomic E-state index is 14.9. The number of likely N-dealkylation sites (tertiary alicyclic amines) is 1. The van der Waals surface area contributed by atoms with E-state index in [0.717, 1.165) is 44.1 Å². The molecule has 0 spiro atoms. The quantitative estimate of drug-likeness (QED) is 0.0982. The van der Waals surface area contributed by atoms with Crippen LogP contribution in [0.3, 0.4) is 0 Å². The summed E-state index contributed by atoms with van der Waals surface area (Å²) in [5.41, 5.74) is -1.87. The smallest absolute Gasteiger partial charge is 0.418 e. The maximum Gasteiger partial charge on any atom is 0.418 e. The van der Waals surface area contributed by atoms with E-state index in [0.29, 0.717) is 30.4 Å². The highest BCUT2D eigenvalue weighted by molar-refractivity contribution is 6.04. The van der Waals surface area contributed by atoms with Crippen molar-refractivity contribution in [1.29, 1.82) is 0 Å². The highest BCUT2D eigenvalue weighted by Gasteiger charge is 2.69. The van der Waals surface area contributed by atoms with Gasteiger partial charge in [-0.1, -0.05) is 37.1 Å². The summed E-state index contributed by atoms with van der Waals surface area (Å²) in [6.45, 7) is 12.1. The Morgan fingerprint density at radius 2 is 1.77 bits per heavy atom. The first-order valence-electron chi connectivity index (χ1n) is 19.5. The van der Waals surface area contributed by atoms with Crippen molar-refractivity contribution in [3.05, 3.63) is 60.5 Å². The van der Waals surface area contributed by atoms with Gasteiger partial charge in [-0.25, -0.2) is 28.5 Å². The zero-order valence-electron chi connectivity index (χ0n) is 32.9. The van der Waals surface area contributed by atoms with Gasteiger partial charge in [0.1, 0.15) is 35.7 Å². The van der Waals surface area contributed by atoms with Crippen LogP contribution in [0.5, 0.6) is 0 Å². The van der Waals surface area contributed by atoms with Crippen molar-refractivity contribution in [2.75, 3.05) is 13.7 Å². The molecule has 2 aliphatic heterocycles. The van der Waals surface area contributed by atoms with E-state index in [1.807, 2.05) is 0 Å². The summed E-state index contributed by atoms with van der Waals surface area (Å²) in [4.78, 5) is 86.9. The third-order valence-corrected chi connectivity index (χ3v) is 10.9. The van der Waals surface area contributed by atoms with Crippen LogP contribution in [-0.2, 0) is 46.4 Å². The molecule has 1 aromatic carbocycles. The topological polar surface area (TPSA) is 161 Å². The normalized spacial score (nSPS) is 23.4. The Morgan fingerprint density at radius 3 is 2.39 bits per heavy atom. The number of methoxy groups -OCH3 is 1. The number of benzene rings is 1. The number of fused-ring (bicyclic) bond motifs is 1. The number of amides is 5. The molecular weight excluding hydrogens is 727 g/mol. The van der Waals surface area contributed by atoms with Gasteiger partial charge in [-0.3, -0.25) is 14.5 Å². The van der Waals surface area contributed by atoms with Crippen LogP contribution in [0.4, 0.5) is 18.8 Å². The fourth-order valence-electron chi connectivity index (χ4n) is 7.91. The molecule has 0 aromatic heterocycles. The van der Waals surface area contributed by atoms with Crippen molar-refractivity contribution in [3.63, 3.8) is 0 Å². The Labute approximate surface area is 327 Å². The molecule has 0 unspecified atom stereocenters. The molecule has 1 aromatic rings. The van der Waals surface area contributed by atoms with E-state index in [1.165, 1.54) is 21.9 Å². The molecule has 2 heterocycles. The van der Waals surface area contributed by atoms with Crippen LogP contribution in [0, 0.1) is 11.7 Å². The van der Waals surface area contributed by atoms with Crippen molar-refractivity contribution in [2.45, 2.75) is 140 Å². The van der Waals surface area contributed by atoms with Gasteiger partial charge in [-0.2, -0.15) is 0 Å². The van der Waals surface area contributed by atoms with Crippen LogP contribution in [0.15, 0.2) is 43.5 Å². The summed E-state index contributed by atoms with van der Waals surface area (Å²) in [6, 6.07) is 2.01. The number of nitrogens with one attached hydrogen (secondary N) is 1. The number of hydrogen-bond acceptors (Lipinski definition) is 10. The summed E-state index contributed by atoms with van der Waals surface area (Å²) in [7, 11) is 1.14. The summed E-state index contributed by atoms with van der Waals surface area (Å²) in [6.07, 6.45) is 5.34. The number of alkyl carbamates (subject to hydrolysis) is 1. The standard InChI is InChI=1S/C41H55FN4O10/c1-7-9-10-11-12-20-32(43-37(50)54-28-17-13-14-18-28)34(47)45-24-29(55-38(51)44-23-26-16-15-19-31(42)30(26)25-44)21-33(45)35(48)46(39(52)56-40(3,4)5)41(36(49)53-6)22-27(41)8-2/h7-8,15-16,19,27-29,32-33H,1-2,9-14,17-18,20-25H2,3-6H3,(H,43,50)/t27-,29-,32+,33+,41-/m1/s1. The lowest BCUT2D eigenvalue weighted by atomic mass is 10.0. The van der Waals surface area contributed by atoms with Crippen LogP contribution in [0.25, 0.3) is 0 Å². The van der Waals surface area contributed by atoms with E-state index in [4.69, 9.17) is 18.9 Å². The average Bonchev–Trinajstić information content (AvgIpc) is 3.53. The molecular formula is C41H55FN4O10. The number of allylic oxidation sites excluding steroid dienone is 1. The molecule has 15 heteroatoms. The van der Waals surface area contributed by atoms with Crippen molar-refractivity contribution in [3.8, 4) is 0 Å². The molecule has 56 heavy (non-hydrogen) atoms. The van der Waals surface area contributed by atoms with E-state index in [-0.39, 0.29) is 45.0 Å². The Morgan fingerprint density at radius 1 is 1.04 bits per heavy atom. The van der Waals surface area contributed by atoms with Crippen LogP contribution in [-0.4, -0.2) is 99.8 Å². The summed E-state index contributed by atoms with van der Waals surface area (Å²) >= 11 is 0. The first kappa shape index (κ1) is 42.2. The first-order chi connectivity index (χ1) is 26.6. The molecule has 2 saturated carbocycles. The van der Waals surface area contributed by atoms with Crippen molar-refractivity contribution < 1.29 is 52.1 Å². The Kier molecular flexibility index (Phi) is 13.5. The lowest BCUT2D eigenvalue weighted by molar-refractivity contribution is -0.157. The molecule has 2 aliphatic carbocycles. The number of carbonyl (C=O) groups is 6. The fraction of sp³-hybridized carbons (Fsp3) is 0.610. The molecule has 1 N–H and O–H groups in total. The molecule has 0 bridgehead atoms. The number of nitrogens with zero attached hydrogens (tertiary/aromatic N) is 3. The molecule has 4 aliphatic rings. The zero-order valence-corrected chi connectivity index (χ0v) is 32.9. The minimum atomic E-state index is -1.79. The van der Waals surface area contributed by atoms with Crippen LogP contribution >= 0.6 is 0 Å². The monoisotopic (exact) mass is 782 g/mol. The number of imide groups is 1. The maximum absolute atomic E-state index is 14.9. The number of rotatable bonds is 14. The van der Waals surface area contributed by atoms with Gasteiger partial charge in [0.25, 0.3) is 5.91 Å². The average molecular weight is 783 g/mol. The number of carbonyl (C=O) groups excluding carboxylic acids is 6. The molecule has 5 amide bonds. The van der Waals surface area contributed by atoms with Crippen LogP contribution in [0.2, 0.25) is 0 Å².